The quantitative estimate of drug-likeness (QED) is 0.493. The summed E-state index contributed by atoms with van der Waals surface area (Å²) in [6.07, 6.45) is 0. The van der Waals surface area contributed by atoms with Crippen molar-refractivity contribution in [3.8, 4) is 5.75 Å². The molecule has 0 radical (unpaired) electrons. The summed E-state index contributed by atoms with van der Waals surface area (Å²) in [5.74, 6) is 0.897. The Balaban J connectivity index is 1.58. The SMILES string of the molecule is CCN(Cc1ccccc1)C(=O)C(C)Sc1nnc(Nc2ccc(OC)cc2)s1. The second-order valence-electron chi connectivity index (χ2n) is 6.32. The molecule has 1 unspecified atom stereocenters. The van der Waals surface area contributed by atoms with Crippen molar-refractivity contribution in [2.45, 2.75) is 30.0 Å². The molecule has 8 heteroatoms. The molecular weight excluding hydrogens is 404 g/mol. The second-order valence-corrected chi connectivity index (χ2v) is 8.89. The van der Waals surface area contributed by atoms with Gasteiger partial charge < -0.3 is 15.0 Å². The lowest BCUT2D eigenvalue weighted by Gasteiger charge is -2.23. The van der Waals surface area contributed by atoms with Crippen LogP contribution in [-0.2, 0) is 11.3 Å². The van der Waals surface area contributed by atoms with Gasteiger partial charge in [-0.25, -0.2) is 0 Å². The van der Waals surface area contributed by atoms with E-state index in [0.717, 1.165) is 21.3 Å². The molecule has 0 spiro atoms. The number of carbonyl (C=O) groups excluding carboxylic acids is 1. The third kappa shape index (κ3) is 5.95. The third-order valence-corrected chi connectivity index (χ3v) is 6.29. The lowest BCUT2D eigenvalue weighted by atomic mass is 10.2. The molecule has 2 aromatic carbocycles. The molecule has 0 aliphatic rings. The van der Waals surface area contributed by atoms with Crippen LogP contribution < -0.4 is 10.1 Å². The summed E-state index contributed by atoms with van der Waals surface area (Å²) in [4.78, 5) is 14.7. The highest BCUT2D eigenvalue weighted by Gasteiger charge is 2.22. The van der Waals surface area contributed by atoms with E-state index in [1.165, 1.54) is 23.1 Å². The van der Waals surface area contributed by atoms with E-state index >= 15 is 0 Å². The third-order valence-electron chi connectivity index (χ3n) is 4.28. The first-order valence-electron chi connectivity index (χ1n) is 9.33. The number of ether oxygens (including phenoxy) is 1. The van der Waals surface area contributed by atoms with Crippen LogP contribution >= 0.6 is 23.1 Å². The Labute approximate surface area is 179 Å². The molecule has 3 rings (SSSR count). The van der Waals surface area contributed by atoms with Crippen LogP contribution in [0.1, 0.15) is 19.4 Å². The molecule has 0 fully saturated rings. The summed E-state index contributed by atoms with van der Waals surface area (Å²) in [6.45, 7) is 5.19. The van der Waals surface area contributed by atoms with Gasteiger partial charge in [0.25, 0.3) is 0 Å². The standard InChI is InChI=1S/C21H24N4O2S2/c1-4-25(14-16-8-6-5-7-9-16)19(26)15(2)28-21-24-23-20(29-21)22-17-10-12-18(27-3)13-11-17/h5-13,15H,4,14H2,1-3H3,(H,22,23). The summed E-state index contributed by atoms with van der Waals surface area (Å²) in [7, 11) is 1.64. The molecule has 1 heterocycles. The van der Waals surface area contributed by atoms with Gasteiger partial charge in [-0.3, -0.25) is 4.79 Å². The van der Waals surface area contributed by atoms with Crippen LogP contribution in [0, 0.1) is 0 Å². The summed E-state index contributed by atoms with van der Waals surface area (Å²) >= 11 is 2.87. The fraction of sp³-hybridized carbons (Fsp3) is 0.286. The molecule has 1 aromatic heterocycles. The molecule has 0 saturated heterocycles. The van der Waals surface area contributed by atoms with Gasteiger partial charge in [-0.2, -0.15) is 0 Å². The van der Waals surface area contributed by atoms with E-state index in [1.54, 1.807) is 7.11 Å². The van der Waals surface area contributed by atoms with Crippen LogP contribution in [0.25, 0.3) is 0 Å². The number of methoxy groups -OCH3 is 1. The van der Waals surface area contributed by atoms with Gasteiger partial charge in [0, 0.05) is 18.8 Å². The molecule has 1 atom stereocenters. The number of hydrogen-bond acceptors (Lipinski definition) is 7. The van der Waals surface area contributed by atoms with Crippen LogP contribution in [-0.4, -0.2) is 39.9 Å². The molecule has 29 heavy (non-hydrogen) atoms. The minimum atomic E-state index is -0.236. The van der Waals surface area contributed by atoms with Crippen molar-refractivity contribution >= 4 is 39.8 Å². The van der Waals surface area contributed by atoms with Gasteiger partial charge in [-0.05, 0) is 43.7 Å². The van der Waals surface area contributed by atoms with Crippen LogP contribution in [0.5, 0.6) is 5.75 Å². The molecule has 0 bridgehead atoms. The van der Waals surface area contributed by atoms with Gasteiger partial charge in [0.05, 0.1) is 12.4 Å². The zero-order chi connectivity index (χ0) is 20.6. The number of nitrogens with one attached hydrogen (secondary N) is 1. The Morgan fingerprint density at radius 1 is 1.17 bits per heavy atom. The average molecular weight is 429 g/mol. The van der Waals surface area contributed by atoms with Crippen LogP contribution in [0.4, 0.5) is 10.8 Å². The summed E-state index contributed by atoms with van der Waals surface area (Å²) in [5, 5.41) is 12.1. The summed E-state index contributed by atoms with van der Waals surface area (Å²) in [5.41, 5.74) is 2.03. The average Bonchev–Trinajstić information content (AvgIpc) is 3.19. The van der Waals surface area contributed by atoms with Crippen molar-refractivity contribution in [2.24, 2.45) is 0 Å². The molecule has 1 amide bonds. The highest BCUT2D eigenvalue weighted by molar-refractivity contribution is 8.02. The van der Waals surface area contributed by atoms with Crippen molar-refractivity contribution in [1.82, 2.24) is 15.1 Å². The van der Waals surface area contributed by atoms with Gasteiger partial charge in [0.2, 0.25) is 11.0 Å². The minimum absolute atomic E-state index is 0.0983. The van der Waals surface area contributed by atoms with E-state index in [1.807, 2.05) is 73.3 Å². The number of aromatic nitrogens is 2. The summed E-state index contributed by atoms with van der Waals surface area (Å²) in [6, 6.07) is 17.6. The van der Waals surface area contributed by atoms with Gasteiger partial charge in [-0.15, -0.1) is 10.2 Å². The fourth-order valence-electron chi connectivity index (χ4n) is 2.71. The summed E-state index contributed by atoms with van der Waals surface area (Å²) < 4.78 is 5.92. The van der Waals surface area contributed by atoms with Gasteiger partial charge in [0.1, 0.15) is 5.75 Å². The minimum Gasteiger partial charge on any atom is -0.497 e. The van der Waals surface area contributed by atoms with Crippen molar-refractivity contribution in [2.75, 3.05) is 19.0 Å². The number of anilines is 2. The first kappa shape index (κ1) is 21.1. The number of amides is 1. The molecule has 1 N–H and O–H groups in total. The Kier molecular flexibility index (Phi) is 7.48. The van der Waals surface area contributed by atoms with Crippen LogP contribution in [0.3, 0.4) is 0 Å². The van der Waals surface area contributed by atoms with Gasteiger partial charge >= 0.3 is 0 Å². The predicted molar refractivity (Wildman–Crippen MR) is 119 cm³/mol. The molecule has 0 saturated carbocycles. The largest absolute Gasteiger partial charge is 0.497 e. The number of nitrogens with zero attached hydrogens (tertiary/aromatic N) is 3. The number of hydrogen-bond donors (Lipinski definition) is 1. The van der Waals surface area contributed by atoms with Gasteiger partial charge in [-0.1, -0.05) is 53.4 Å². The Morgan fingerprint density at radius 2 is 1.90 bits per heavy atom. The highest BCUT2D eigenvalue weighted by Crippen LogP contribution is 2.31. The van der Waals surface area contributed by atoms with E-state index in [-0.39, 0.29) is 11.2 Å². The number of carbonyl (C=O) groups is 1. The highest BCUT2D eigenvalue weighted by atomic mass is 32.2. The van der Waals surface area contributed by atoms with E-state index in [2.05, 4.69) is 15.5 Å². The molecule has 6 nitrogen and oxygen atoms in total. The van der Waals surface area contributed by atoms with E-state index in [9.17, 15) is 4.79 Å². The topological polar surface area (TPSA) is 67.4 Å². The monoisotopic (exact) mass is 428 g/mol. The van der Waals surface area contributed by atoms with Crippen molar-refractivity contribution in [3.63, 3.8) is 0 Å². The normalized spacial score (nSPS) is 11.7. The smallest absolute Gasteiger partial charge is 0.236 e. The molecular formula is C21H24N4O2S2. The maximum absolute atomic E-state index is 12.9. The van der Waals surface area contributed by atoms with Crippen LogP contribution in [0.15, 0.2) is 58.9 Å². The molecule has 0 aliphatic carbocycles. The fourth-order valence-corrected chi connectivity index (χ4v) is 4.71. The van der Waals surface area contributed by atoms with Gasteiger partial charge in [0.15, 0.2) is 4.34 Å². The lowest BCUT2D eigenvalue weighted by Crippen LogP contribution is -2.35. The predicted octanol–water partition coefficient (Wildman–Crippen LogP) is 4.82. The maximum atomic E-state index is 12.9. The Hall–Kier alpha value is -2.58. The van der Waals surface area contributed by atoms with Crippen molar-refractivity contribution in [1.29, 1.82) is 0 Å². The van der Waals surface area contributed by atoms with E-state index in [0.29, 0.717) is 18.2 Å². The zero-order valence-electron chi connectivity index (χ0n) is 16.7. The molecule has 3 aromatic rings. The zero-order valence-corrected chi connectivity index (χ0v) is 18.3. The van der Waals surface area contributed by atoms with Crippen molar-refractivity contribution in [3.05, 3.63) is 60.2 Å². The Morgan fingerprint density at radius 3 is 2.55 bits per heavy atom. The molecule has 152 valence electrons. The lowest BCUT2D eigenvalue weighted by molar-refractivity contribution is -0.130. The maximum Gasteiger partial charge on any atom is 0.236 e. The second kappa shape index (κ2) is 10.3. The first-order valence-corrected chi connectivity index (χ1v) is 11.0. The molecule has 0 aliphatic heterocycles. The van der Waals surface area contributed by atoms with E-state index < -0.39 is 0 Å². The number of thioether (sulfide) groups is 1. The van der Waals surface area contributed by atoms with E-state index in [4.69, 9.17) is 4.74 Å². The van der Waals surface area contributed by atoms with Crippen molar-refractivity contribution < 1.29 is 9.53 Å². The number of rotatable bonds is 9. The number of benzene rings is 2. The Bertz CT molecular complexity index is 916. The first-order chi connectivity index (χ1) is 14.1. The van der Waals surface area contributed by atoms with Crippen LogP contribution in [0.2, 0.25) is 0 Å².